The molecule has 0 fully saturated rings. The van der Waals surface area contributed by atoms with Crippen molar-refractivity contribution < 1.29 is 4.74 Å². The molecule has 0 aliphatic rings. The zero-order valence-electron chi connectivity index (χ0n) is 18.5. The Balaban J connectivity index is 1.80. The Morgan fingerprint density at radius 1 is 1.14 bits per heavy atom. The second-order valence-electron chi connectivity index (χ2n) is 7.93. The largest absolute Gasteiger partial charge is 0.490 e. The fourth-order valence-corrected chi connectivity index (χ4v) is 3.21. The fourth-order valence-electron chi connectivity index (χ4n) is 3.21. The average molecular weight is 401 g/mol. The van der Waals surface area contributed by atoms with Crippen LogP contribution in [0.5, 0.6) is 5.75 Å². The van der Waals surface area contributed by atoms with Gasteiger partial charge in [0.05, 0.1) is 6.10 Å². The number of unbranched alkanes of at least 4 members (excludes halogenated alkanes) is 1. The molecule has 2 N–H and O–H groups in total. The molecule has 29 heavy (non-hydrogen) atoms. The van der Waals surface area contributed by atoms with Crippen LogP contribution in [0.4, 0.5) is 0 Å². The van der Waals surface area contributed by atoms with Crippen LogP contribution < -0.4 is 15.4 Å². The molecule has 1 aromatic heterocycles. The van der Waals surface area contributed by atoms with Gasteiger partial charge in [0.1, 0.15) is 18.4 Å². The van der Waals surface area contributed by atoms with Crippen molar-refractivity contribution in [3.8, 4) is 5.75 Å². The molecule has 160 valence electrons. The first-order chi connectivity index (χ1) is 14.0. The molecule has 0 saturated carbocycles. The minimum absolute atomic E-state index is 0.193. The molecule has 1 atom stereocenters. The van der Waals surface area contributed by atoms with Crippen molar-refractivity contribution in [2.45, 2.75) is 66.2 Å². The maximum Gasteiger partial charge on any atom is 0.191 e. The third-order valence-electron chi connectivity index (χ3n) is 4.63. The van der Waals surface area contributed by atoms with E-state index < -0.39 is 0 Å². The highest BCUT2D eigenvalue weighted by molar-refractivity contribution is 5.79. The zero-order chi connectivity index (χ0) is 21.1. The number of benzene rings is 1. The second kappa shape index (κ2) is 12.1. The summed E-state index contributed by atoms with van der Waals surface area (Å²) in [5, 5.41) is 14.4. The first-order valence-electron chi connectivity index (χ1n) is 10.5. The lowest BCUT2D eigenvalue weighted by Crippen LogP contribution is -2.37. The van der Waals surface area contributed by atoms with Gasteiger partial charge in [-0.2, -0.15) is 0 Å². The molecule has 7 nitrogen and oxygen atoms in total. The second-order valence-corrected chi connectivity index (χ2v) is 7.93. The number of hydrogen-bond donors (Lipinski definition) is 2. The minimum atomic E-state index is 0.193. The van der Waals surface area contributed by atoms with E-state index >= 15 is 0 Å². The molecule has 0 saturated heterocycles. The highest BCUT2D eigenvalue weighted by atomic mass is 16.5. The van der Waals surface area contributed by atoms with E-state index in [1.165, 1.54) is 5.56 Å². The first-order valence-corrected chi connectivity index (χ1v) is 10.5. The summed E-state index contributed by atoms with van der Waals surface area (Å²) in [6.45, 7) is 11.1. The molecule has 0 bridgehead atoms. The van der Waals surface area contributed by atoms with Crippen LogP contribution in [0.2, 0.25) is 0 Å². The van der Waals surface area contributed by atoms with Gasteiger partial charge >= 0.3 is 0 Å². The van der Waals surface area contributed by atoms with E-state index in [1.54, 1.807) is 19.7 Å². The molecule has 1 heterocycles. The molecular formula is C22H36N6O. The van der Waals surface area contributed by atoms with Crippen LogP contribution in [-0.2, 0) is 13.1 Å². The van der Waals surface area contributed by atoms with E-state index in [0.717, 1.165) is 49.6 Å². The Kier molecular flexibility index (Phi) is 9.47. The molecule has 1 aromatic carbocycles. The Labute approximate surface area is 175 Å². The molecule has 0 amide bonds. The monoisotopic (exact) mass is 400 g/mol. The molecule has 1 unspecified atom stereocenters. The van der Waals surface area contributed by atoms with Gasteiger partial charge < -0.3 is 19.9 Å². The summed E-state index contributed by atoms with van der Waals surface area (Å²) < 4.78 is 8.23. The zero-order valence-corrected chi connectivity index (χ0v) is 18.5. The van der Waals surface area contributed by atoms with Gasteiger partial charge in [0, 0.05) is 32.2 Å². The summed E-state index contributed by atoms with van der Waals surface area (Å²) in [6.07, 6.45) is 6.84. The van der Waals surface area contributed by atoms with Gasteiger partial charge in [-0.25, -0.2) is 0 Å². The normalized spacial score (nSPS) is 12.8. The highest BCUT2D eigenvalue weighted by Crippen LogP contribution is 2.23. The van der Waals surface area contributed by atoms with E-state index in [1.807, 2.05) is 4.57 Å². The molecule has 0 aliphatic carbocycles. The lowest BCUT2D eigenvalue weighted by Gasteiger charge is -2.20. The fraction of sp³-hybridized carbons (Fsp3) is 0.591. The quantitative estimate of drug-likeness (QED) is 0.343. The van der Waals surface area contributed by atoms with Crippen LogP contribution in [0.15, 0.2) is 35.8 Å². The van der Waals surface area contributed by atoms with Crippen LogP contribution >= 0.6 is 0 Å². The molecule has 2 aromatic rings. The lowest BCUT2D eigenvalue weighted by atomic mass is 10.1. The highest BCUT2D eigenvalue weighted by Gasteiger charge is 2.11. The van der Waals surface area contributed by atoms with Crippen molar-refractivity contribution >= 4 is 5.96 Å². The summed E-state index contributed by atoms with van der Waals surface area (Å²) in [4.78, 5) is 4.33. The van der Waals surface area contributed by atoms with Gasteiger partial charge in [0.2, 0.25) is 0 Å². The van der Waals surface area contributed by atoms with Crippen molar-refractivity contribution in [3.05, 3.63) is 42.0 Å². The number of aliphatic imine (C=N–C) groups is 1. The van der Waals surface area contributed by atoms with Gasteiger partial charge in [0.25, 0.3) is 0 Å². The number of aryl methyl sites for hydroxylation is 2. The molecule has 0 radical (unpaired) electrons. The van der Waals surface area contributed by atoms with E-state index in [2.05, 4.69) is 71.7 Å². The predicted molar refractivity (Wildman–Crippen MR) is 118 cm³/mol. The lowest BCUT2D eigenvalue weighted by molar-refractivity contribution is 0.191. The van der Waals surface area contributed by atoms with Crippen molar-refractivity contribution in [2.24, 2.45) is 10.9 Å². The smallest absolute Gasteiger partial charge is 0.191 e. The van der Waals surface area contributed by atoms with Gasteiger partial charge in [0.15, 0.2) is 5.96 Å². The van der Waals surface area contributed by atoms with E-state index in [4.69, 9.17) is 4.74 Å². The van der Waals surface area contributed by atoms with Gasteiger partial charge in [-0.05, 0) is 50.7 Å². The summed E-state index contributed by atoms with van der Waals surface area (Å²) in [5.41, 5.74) is 2.35. The number of nitrogens with one attached hydrogen (secondary N) is 2. The van der Waals surface area contributed by atoms with Gasteiger partial charge in [-0.1, -0.05) is 26.0 Å². The van der Waals surface area contributed by atoms with E-state index in [0.29, 0.717) is 12.5 Å². The van der Waals surface area contributed by atoms with Crippen LogP contribution in [0.3, 0.4) is 0 Å². The maximum absolute atomic E-state index is 6.24. The average Bonchev–Trinajstić information content (AvgIpc) is 3.18. The Bertz CT molecular complexity index is 742. The third kappa shape index (κ3) is 8.54. The predicted octanol–water partition coefficient (Wildman–Crippen LogP) is 3.55. The summed E-state index contributed by atoms with van der Waals surface area (Å²) in [6, 6.07) is 6.37. The molecule has 2 rings (SSSR count). The van der Waals surface area contributed by atoms with Gasteiger partial charge in [-0.3, -0.25) is 4.99 Å². The minimum Gasteiger partial charge on any atom is -0.490 e. The SMILES string of the molecule is CN=C(NCCCCn1cnnc1)NCc1ccc(C)cc1OC(C)CC(C)C. The number of rotatable bonds is 11. The van der Waals surface area contributed by atoms with Crippen LogP contribution in [0.1, 0.15) is 51.2 Å². The van der Waals surface area contributed by atoms with E-state index in [9.17, 15) is 0 Å². The Hall–Kier alpha value is -2.57. The molecular weight excluding hydrogens is 364 g/mol. The van der Waals surface area contributed by atoms with Crippen LogP contribution in [-0.4, -0.2) is 40.4 Å². The number of guanidine groups is 1. The molecule has 0 spiro atoms. The number of hydrogen-bond acceptors (Lipinski definition) is 4. The Morgan fingerprint density at radius 3 is 2.59 bits per heavy atom. The summed E-state index contributed by atoms with van der Waals surface area (Å²) in [7, 11) is 1.80. The standard InChI is InChI=1S/C22H36N6O/c1-17(2)12-19(4)29-21-13-18(3)8-9-20(21)14-25-22(23-5)24-10-6-7-11-28-15-26-27-16-28/h8-9,13,15-17,19H,6-7,10-12,14H2,1-5H3,(H2,23,24,25). The maximum atomic E-state index is 6.24. The van der Waals surface area contributed by atoms with E-state index in [-0.39, 0.29) is 6.10 Å². The first kappa shape index (κ1) is 22.7. The summed E-state index contributed by atoms with van der Waals surface area (Å²) in [5.74, 6) is 2.37. The molecule has 0 aliphatic heterocycles. The van der Waals surface area contributed by atoms with Crippen molar-refractivity contribution in [3.63, 3.8) is 0 Å². The summed E-state index contributed by atoms with van der Waals surface area (Å²) >= 11 is 0. The van der Waals surface area contributed by atoms with Crippen molar-refractivity contribution in [1.82, 2.24) is 25.4 Å². The Morgan fingerprint density at radius 2 is 1.90 bits per heavy atom. The molecule has 7 heteroatoms. The number of ether oxygens (including phenoxy) is 1. The number of aromatic nitrogens is 3. The van der Waals surface area contributed by atoms with Gasteiger partial charge in [-0.15, -0.1) is 10.2 Å². The van der Waals surface area contributed by atoms with Crippen LogP contribution in [0.25, 0.3) is 0 Å². The third-order valence-corrected chi connectivity index (χ3v) is 4.63. The van der Waals surface area contributed by atoms with Crippen LogP contribution in [0, 0.1) is 12.8 Å². The van der Waals surface area contributed by atoms with Crippen molar-refractivity contribution in [2.75, 3.05) is 13.6 Å². The topological polar surface area (TPSA) is 76.4 Å². The van der Waals surface area contributed by atoms with Crippen molar-refractivity contribution in [1.29, 1.82) is 0 Å². The number of nitrogens with zero attached hydrogens (tertiary/aromatic N) is 4.